The molecule has 0 radical (unpaired) electrons. The molecule has 18 heteroatoms. The summed E-state index contributed by atoms with van der Waals surface area (Å²) in [6.07, 6.45) is -3.23. The minimum absolute atomic E-state index is 0.0401. The molecule has 0 bridgehead atoms. The van der Waals surface area contributed by atoms with Crippen molar-refractivity contribution in [3.63, 3.8) is 0 Å². The van der Waals surface area contributed by atoms with E-state index in [2.05, 4.69) is 36.2 Å². The van der Waals surface area contributed by atoms with Crippen molar-refractivity contribution < 1.29 is 42.2 Å². The zero-order valence-electron chi connectivity index (χ0n) is 24.3. The Morgan fingerprint density at radius 1 is 1.00 bits per heavy atom. The number of rotatable bonds is 12. The van der Waals surface area contributed by atoms with Crippen molar-refractivity contribution in [1.82, 2.24) is 30.5 Å². The highest BCUT2D eigenvalue weighted by Gasteiger charge is 2.45. The first-order valence-corrected chi connectivity index (χ1v) is 13.9. The Bertz CT molecular complexity index is 1600. The van der Waals surface area contributed by atoms with Crippen molar-refractivity contribution in [2.45, 2.75) is 30.6 Å². The number of carboxylic acid groups (broad SMARTS) is 1. The molecule has 2 aromatic carbocycles. The molecule has 3 amide bonds. The smallest absolute Gasteiger partial charge is 0.422 e. The number of amides is 3. The number of likely N-dealkylation sites (N-methyl/N-ethyl adjacent to an activating group) is 1. The summed E-state index contributed by atoms with van der Waals surface area (Å²) in [5.41, 5.74) is 0.683. The maximum absolute atomic E-state index is 12.9. The van der Waals surface area contributed by atoms with Crippen molar-refractivity contribution in [2.24, 2.45) is 0 Å². The van der Waals surface area contributed by atoms with E-state index >= 15 is 0 Å². The molecule has 244 valence electrons. The molecule has 1 aromatic heterocycles. The van der Waals surface area contributed by atoms with Gasteiger partial charge in [0, 0.05) is 36.9 Å². The van der Waals surface area contributed by atoms with E-state index in [0.29, 0.717) is 23.6 Å². The molecule has 1 saturated carbocycles. The van der Waals surface area contributed by atoms with E-state index in [0.717, 1.165) is 10.5 Å². The van der Waals surface area contributed by atoms with Crippen LogP contribution in [-0.2, 0) is 19.9 Å². The first kappa shape index (κ1) is 33.7. The predicted octanol–water partition coefficient (Wildman–Crippen LogP) is 2.70. The Labute approximate surface area is 264 Å². The average molecular weight is 665 g/mol. The number of ether oxygens (including phenoxy) is 1. The molecular formula is C28H28ClF3N8O6. The van der Waals surface area contributed by atoms with Gasteiger partial charge in [-0.05, 0) is 54.8 Å². The van der Waals surface area contributed by atoms with Crippen molar-refractivity contribution in [1.29, 1.82) is 0 Å². The van der Waals surface area contributed by atoms with E-state index in [-0.39, 0.29) is 17.5 Å². The number of carbonyl (C=O) groups is 4. The Kier molecular flexibility index (Phi) is 10.1. The fourth-order valence-electron chi connectivity index (χ4n) is 4.02. The summed E-state index contributed by atoms with van der Waals surface area (Å²) >= 11 is 5.99. The number of anilines is 3. The molecule has 0 unspecified atom stereocenters. The van der Waals surface area contributed by atoms with Gasteiger partial charge in [-0.3, -0.25) is 14.4 Å². The van der Waals surface area contributed by atoms with Crippen LogP contribution in [0.15, 0.2) is 48.5 Å². The van der Waals surface area contributed by atoms with E-state index in [1.807, 2.05) is 12.1 Å². The summed E-state index contributed by atoms with van der Waals surface area (Å²) < 4.78 is 43.3. The summed E-state index contributed by atoms with van der Waals surface area (Å²) in [5.74, 6) is -4.38. The van der Waals surface area contributed by atoms with Gasteiger partial charge in [-0.1, -0.05) is 23.7 Å². The minimum Gasteiger partial charge on any atom is -0.480 e. The van der Waals surface area contributed by atoms with Crippen molar-refractivity contribution >= 4 is 52.9 Å². The van der Waals surface area contributed by atoms with Gasteiger partial charge in [0.1, 0.15) is 6.04 Å². The second-order valence-electron chi connectivity index (χ2n) is 10.4. The van der Waals surface area contributed by atoms with Crippen LogP contribution < -0.4 is 26.0 Å². The highest BCUT2D eigenvalue weighted by atomic mass is 35.5. The molecule has 46 heavy (non-hydrogen) atoms. The maximum atomic E-state index is 12.9. The molecule has 14 nitrogen and oxygen atoms in total. The van der Waals surface area contributed by atoms with Gasteiger partial charge in [-0.2, -0.15) is 28.1 Å². The van der Waals surface area contributed by atoms with Crippen LogP contribution >= 0.6 is 11.6 Å². The second kappa shape index (κ2) is 13.8. The average Bonchev–Trinajstić information content (AvgIpc) is 3.77. The number of aromatic nitrogens is 3. The third kappa shape index (κ3) is 9.16. The zero-order chi connectivity index (χ0) is 33.6. The fourth-order valence-corrected chi connectivity index (χ4v) is 4.15. The summed E-state index contributed by atoms with van der Waals surface area (Å²) in [5, 5.41) is 20.4. The lowest BCUT2D eigenvalue weighted by atomic mass is 10.1. The largest absolute Gasteiger partial charge is 0.480 e. The lowest BCUT2D eigenvalue weighted by Crippen LogP contribution is -2.50. The van der Waals surface area contributed by atoms with E-state index in [1.165, 1.54) is 38.4 Å². The number of hydrogen-bond acceptors (Lipinski definition) is 10. The number of nitrogens with one attached hydrogen (secondary N) is 4. The normalized spacial score (nSPS) is 14.0. The van der Waals surface area contributed by atoms with Gasteiger partial charge in [0.15, 0.2) is 6.61 Å². The first-order chi connectivity index (χ1) is 21.6. The summed E-state index contributed by atoms with van der Waals surface area (Å²) in [6.45, 7) is -2.18. The van der Waals surface area contributed by atoms with Gasteiger partial charge in [-0.15, -0.1) is 0 Å². The van der Waals surface area contributed by atoms with E-state index in [4.69, 9.17) is 16.3 Å². The highest BCUT2D eigenvalue weighted by molar-refractivity contribution is 6.34. The molecule has 1 heterocycles. The van der Waals surface area contributed by atoms with Crippen molar-refractivity contribution in [3.8, 4) is 6.01 Å². The molecular weight excluding hydrogens is 637 g/mol. The quantitative estimate of drug-likeness (QED) is 0.179. The lowest BCUT2D eigenvalue weighted by molar-refractivity contribution is -0.154. The van der Waals surface area contributed by atoms with Crippen molar-refractivity contribution in [2.75, 3.05) is 37.9 Å². The number of carbonyl (C=O) groups excluding carboxylic acids is 3. The Hall–Kier alpha value is -5.19. The van der Waals surface area contributed by atoms with Gasteiger partial charge in [0.25, 0.3) is 5.91 Å². The van der Waals surface area contributed by atoms with E-state index in [1.54, 1.807) is 12.1 Å². The zero-order valence-corrected chi connectivity index (χ0v) is 25.1. The van der Waals surface area contributed by atoms with Crippen molar-refractivity contribution in [3.05, 3.63) is 64.7 Å². The molecule has 4 rings (SSSR count). The molecule has 3 aromatic rings. The van der Waals surface area contributed by atoms with Gasteiger partial charge in [0.2, 0.25) is 11.9 Å². The number of benzene rings is 2. The Morgan fingerprint density at radius 3 is 2.20 bits per heavy atom. The van der Waals surface area contributed by atoms with E-state index in [9.17, 15) is 37.5 Å². The van der Waals surface area contributed by atoms with Crippen LogP contribution in [0.5, 0.6) is 6.01 Å². The molecule has 1 atom stereocenters. The third-order valence-electron chi connectivity index (χ3n) is 6.55. The fraction of sp³-hybridized carbons (Fsp3) is 0.321. The standard InChI is InChI=1S/C28H28ClF3N8O6/c1-40(2)22(43)21(42)33-13-19(23(44)45)35-20(41)15-3-9-18(10-4-15)34-24-36-25(38-26(37-24)46-14-28(30,31)32)39-27(11-12-27)16-5-7-17(29)8-6-16/h3-10,19H,11-14H2,1-2H3,(H,33,42)(H,35,41)(H,44,45)(H2,34,36,37,38,39)/t19-/m0/s1. The number of halogens is 4. The molecule has 1 aliphatic rings. The van der Waals surface area contributed by atoms with E-state index < -0.39 is 60.6 Å². The van der Waals surface area contributed by atoms with Crippen LogP contribution in [0.3, 0.4) is 0 Å². The van der Waals surface area contributed by atoms with Crippen LogP contribution in [-0.4, -0.2) is 88.1 Å². The van der Waals surface area contributed by atoms with Gasteiger partial charge in [0.05, 0.1) is 5.54 Å². The summed E-state index contributed by atoms with van der Waals surface area (Å²) in [7, 11) is 2.70. The number of aliphatic carboxylic acids is 1. The SMILES string of the molecule is CN(C)C(=O)C(=O)NC[C@H](NC(=O)c1ccc(Nc2nc(NC3(c4ccc(Cl)cc4)CC3)nc(OCC(F)(F)F)n2)cc1)C(=O)O. The molecule has 1 aliphatic carbocycles. The number of nitrogens with zero attached hydrogens (tertiary/aromatic N) is 4. The number of alkyl halides is 3. The maximum Gasteiger partial charge on any atom is 0.422 e. The number of hydrogen-bond donors (Lipinski definition) is 5. The first-order valence-electron chi connectivity index (χ1n) is 13.5. The lowest BCUT2D eigenvalue weighted by Gasteiger charge is -2.19. The van der Waals surface area contributed by atoms with Crippen LogP contribution in [0, 0.1) is 0 Å². The monoisotopic (exact) mass is 664 g/mol. The molecule has 0 spiro atoms. The van der Waals surface area contributed by atoms with Gasteiger partial charge < -0.3 is 36.0 Å². The van der Waals surface area contributed by atoms with Crippen LogP contribution in [0.2, 0.25) is 5.02 Å². The summed E-state index contributed by atoms with van der Waals surface area (Å²) in [4.78, 5) is 61.0. The van der Waals surface area contributed by atoms with Gasteiger partial charge >= 0.3 is 30.0 Å². The molecule has 1 fully saturated rings. The Morgan fingerprint density at radius 2 is 1.63 bits per heavy atom. The molecule has 5 N–H and O–H groups in total. The van der Waals surface area contributed by atoms with Crippen LogP contribution in [0.4, 0.5) is 30.8 Å². The molecule has 0 saturated heterocycles. The topological polar surface area (TPSA) is 188 Å². The van der Waals surface area contributed by atoms with Crippen LogP contribution in [0.25, 0.3) is 0 Å². The highest BCUT2D eigenvalue weighted by Crippen LogP contribution is 2.48. The van der Waals surface area contributed by atoms with Gasteiger partial charge in [-0.25, -0.2) is 4.79 Å². The Balaban J connectivity index is 1.46. The molecule has 0 aliphatic heterocycles. The van der Waals surface area contributed by atoms with Crippen LogP contribution in [0.1, 0.15) is 28.8 Å². The second-order valence-corrected chi connectivity index (χ2v) is 10.8. The summed E-state index contributed by atoms with van der Waals surface area (Å²) in [6, 6.07) is 10.5. The third-order valence-corrected chi connectivity index (χ3v) is 6.80. The minimum atomic E-state index is -4.64. The number of carboxylic acids is 1. The predicted molar refractivity (Wildman–Crippen MR) is 158 cm³/mol.